The van der Waals surface area contributed by atoms with E-state index < -0.39 is 0 Å². The maximum atomic E-state index is 12.0. The summed E-state index contributed by atoms with van der Waals surface area (Å²) in [6.45, 7) is 4.33. The highest BCUT2D eigenvalue weighted by atomic mass is 32.1. The van der Waals surface area contributed by atoms with Crippen molar-refractivity contribution >= 4 is 23.1 Å². The molecule has 1 aliphatic rings. The number of nitrogens with zero attached hydrogens (tertiary/aromatic N) is 2. The Balaban J connectivity index is 2.36. The third-order valence-electron chi connectivity index (χ3n) is 3.34. The van der Waals surface area contributed by atoms with Crippen LogP contribution in [0.4, 0.5) is 0 Å². The second kappa shape index (κ2) is 6.91. The number of likely N-dealkylation sites (N-methyl/N-ethyl adjacent to an activating group) is 1. The van der Waals surface area contributed by atoms with Crippen molar-refractivity contribution in [2.75, 3.05) is 26.7 Å². The second-order valence-electron chi connectivity index (χ2n) is 4.88. The van der Waals surface area contributed by atoms with Gasteiger partial charge in [-0.1, -0.05) is 12.2 Å². The molecule has 1 heterocycles. The molecule has 17 heavy (non-hydrogen) atoms. The van der Waals surface area contributed by atoms with Gasteiger partial charge in [0, 0.05) is 25.6 Å². The Labute approximate surface area is 109 Å². The number of amides is 1. The van der Waals surface area contributed by atoms with Gasteiger partial charge in [0.05, 0.1) is 11.5 Å². The van der Waals surface area contributed by atoms with Gasteiger partial charge in [0.2, 0.25) is 5.91 Å². The van der Waals surface area contributed by atoms with Crippen LogP contribution in [0.25, 0.3) is 0 Å². The van der Waals surface area contributed by atoms with Crippen LogP contribution in [0.15, 0.2) is 0 Å². The van der Waals surface area contributed by atoms with Gasteiger partial charge in [-0.05, 0) is 33.2 Å². The van der Waals surface area contributed by atoms with Gasteiger partial charge in [-0.3, -0.25) is 9.69 Å². The molecule has 1 amide bonds. The van der Waals surface area contributed by atoms with Crippen molar-refractivity contribution in [2.24, 2.45) is 5.73 Å². The van der Waals surface area contributed by atoms with E-state index in [1.807, 2.05) is 23.8 Å². The van der Waals surface area contributed by atoms with Gasteiger partial charge in [-0.2, -0.15) is 0 Å². The molecule has 1 saturated heterocycles. The van der Waals surface area contributed by atoms with Gasteiger partial charge in [0.15, 0.2) is 0 Å². The number of carbonyl (C=O) groups excluding carboxylic acids is 1. The third-order valence-corrected chi connectivity index (χ3v) is 3.51. The van der Waals surface area contributed by atoms with Crippen molar-refractivity contribution in [3.8, 4) is 0 Å². The van der Waals surface area contributed by atoms with E-state index in [1.54, 1.807) is 0 Å². The molecule has 1 aliphatic heterocycles. The Hall–Kier alpha value is -0.680. The lowest BCUT2D eigenvalue weighted by molar-refractivity contribution is -0.133. The van der Waals surface area contributed by atoms with Crippen molar-refractivity contribution in [3.05, 3.63) is 0 Å². The minimum atomic E-state index is 0.223. The standard InChI is InChI=1S/C12H23N3OS/c1-10(8-11(13)17)14(2)9-12(16)15-6-4-3-5-7-15/h10H,3-9H2,1-2H3,(H2,13,17). The SMILES string of the molecule is CC(CC(N)=S)N(C)CC(=O)N1CCCCC1. The summed E-state index contributed by atoms with van der Waals surface area (Å²) >= 11 is 4.89. The van der Waals surface area contributed by atoms with E-state index in [9.17, 15) is 4.79 Å². The van der Waals surface area contributed by atoms with Crippen molar-refractivity contribution in [3.63, 3.8) is 0 Å². The number of carbonyl (C=O) groups is 1. The van der Waals surface area contributed by atoms with Gasteiger partial charge >= 0.3 is 0 Å². The lowest BCUT2D eigenvalue weighted by Crippen LogP contribution is -2.44. The fourth-order valence-electron chi connectivity index (χ4n) is 2.06. The fraction of sp³-hybridized carbons (Fsp3) is 0.833. The number of likely N-dealkylation sites (tertiary alicyclic amines) is 1. The average molecular weight is 257 g/mol. The van der Waals surface area contributed by atoms with Gasteiger partial charge in [-0.15, -0.1) is 0 Å². The topological polar surface area (TPSA) is 49.6 Å². The molecule has 1 unspecified atom stereocenters. The van der Waals surface area contributed by atoms with Crippen molar-refractivity contribution in [2.45, 2.75) is 38.6 Å². The summed E-state index contributed by atoms with van der Waals surface area (Å²) in [4.78, 5) is 16.5. The molecule has 0 saturated carbocycles. The molecule has 4 nitrogen and oxygen atoms in total. The van der Waals surface area contributed by atoms with E-state index in [-0.39, 0.29) is 11.9 Å². The summed E-state index contributed by atoms with van der Waals surface area (Å²) in [5.41, 5.74) is 5.51. The van der Waals surface area contributed by atoms with Crippen LogP contribution < -0.4 is 5.73 Å². The predicted molar refractivity (Wildman–Crippen MR) is 73.9 cm³/mol. The third kappa shape index (κ3) is 5.00. The van der Waals surface area contributed by atoms with E-state index in [4.69, 9.17) is 18.0 Å². The van der Waals surface area contributed by atoms with Crippen LogP contribution >= 0.6 is 12.2 Å². The molecule has 0 aromatic heterocycles. The maximum absolute atomic E-state index is 12.0. The Bertz CT molecular complexity index is 277. The number of rotatable bonds is 5. The summed E-state index contributed by atoms with van der Waals surface area (Å²) < 4.78 is 0. The summed E-state index contributed by atoms with van der Waals surface area (Å²) in [7, 11) is 1.95. The normalized spacial score (nSPS) is 18.2. The molecule has 0 aliphatic carbocycles. The molecule has 5 heteroatoms. The summed E-state index contributed by atoms with van der Waals surface area (Å²) in [6.07, 6.45) is 4.19. The quantitative estimate of drug-likeness (QED) is 0.746. The number of hydrogen-bond acceptors (Lipinski definition) is 3. The van der Waals surface area contributed by atoms with Gasteiger partial charge in [0.1, 0.15) is 0 Å². The molecule has 0 bridgehead atoms. The lowest BCUT2D eigenvalue weighted by atomic mass is 10.1. The minimum absolute atomic E-state index is 0.223. The Morgan fingerprint density at radius 1 is 1.41 bits per heavy atom. The predicted octanol–water partition coefficient (Wildman–Crippen LogP) is 0.995. The van der Waals surface area contributed by atoms with Gasteiger partial charge in [-0.25, -0.2) is 0 Å². The van der Waals surface area contributed by atoms with E-state index in [2.05, 4.69) is 0 Å². The number of hydrogen-bond donors (Lipinski definition) is 1. The number of thiocarbonyl (C=S) groups is 1. The summed E-state index contributed by atoms with van der Waals surface area (Å²) in [5.74, 6) is 0.224. The van der Waals surface area contributed by atoms with Crippen molar-refractivity contribution in [1.82, 2.24) is 9.80 Å². The largest absolute Gasteiger partial charge is 0.393 e. The molecular formula is C12H23N3OS. The highest BCUT2D eigenvalue weighted by Gasteiger charge is 2.20. The molecule has 0 aromatic carbocycles. The first-order chi connectivity index (χ1) is 8.00. The van der Waals surface area contributed by atoms with E-state index in [0.29, 0.717) is 18.0 Å². The first kappa shape index (κ1) is 14.4. The molecule has 2 N–H and O–H groups in total. The highest BCUT2D eigenvalue weighted by molar-refractivity contribution is 7.80. The molecule has 0 spiro atoms. The fourth-order valence-corrected chi connectivity index (χ4v) is 2.30. The zero-order valence-electron chi connectivity index (χ0n) is 10.8. The lowest BCUT2D eigenvalue weighted by Gasteiger charge is -2.30. The summed E-state index contributed by atoms with van der Waals surface area (Å²) in [5, 5.41) is 0. The zero-order valence-corrected chi connectivity index (χ0v) is 11.6. The zero-order chi connectivity index (χ0) is 12.8. The van der Waals surface area contributed by atoms with Crippen molar-refractivity contribution in [1.29, 1.82) is 0 Å². The van der Waals surface area contributed by atoms with E-state index in [0.717, 1.165) is 25.9 Å². The number of piperidine rings is 1. The Morgan fingerprint density at radius 2 is 2.00 bits per heavy atom. The van der Waals surface area contributed by atoms with Gasteiger partial charge in [0.25, 0.3) is 0 Å². The minimum Gasteiger partial charge on any atom is -0.393 e. The molecule has 1 rings (SSSR count). The molecular weight excluding hydrogens is 234 g/mol. The molecule has 98 valence electrons. The Kier molecular flexibility index (Phi) is 5.85. The van der Waals surface area contributed by atoms with Crippen LogP contribution in [0.5, 0.6) is 0 Å². The van der Waals surface area contributed by atoms with E-state index >= 15 is 0 Å². The average Bonchev–Trinajstić information content (AvgIpc) is 2.29. The molecule has 1 atom stereocenters. The van der Waals surface area contributed by atoms with Crippen LogP contribution in [0.2, 0.25) is 0 Å². The number of nitrogens with two attached hydrogens (primary N) is 1. The van der Waals surface area contributed by atoms with Crippen LogP contribution in [0.1, 0.15) is 32.6 Å². The van der Waals surface area contributed by atoms with Gasteiger partial charge < -0.3 is 10.6 Å². The van der Waals surface area contributed by atoms with E-state index in [1.165, 1.54) is 6.42 Å². The van der Waals surface area contributed by atoms with Crippen LogP contribution in [-0.2, 0) is 4.79 Å². The molecule has 1 fully saturated rings. The van der Waals surface area contributed by atoms with Crippen molar-refractivity contribution < 1.29 is 4.79 Å². The smallest absolute Gasteiger partial charge is 0.236 e. The molecule has 0 aromatic rings. The van der Waals surface area contributed by atoms with Crippen LogP contribution in [-0.4, -0.2) is 53.4 Å². The first-order valence-corrected chi connectivity index (χ1v) is 6.68. The highest BCUT2D eigenvalue weighted by Crippen LogP contribution is 2.10. The second-order valence-corrected chi connectivity index (χ2v) is 5.40. The monoisotopic (exact) mass is 257 g/mol. The summed E-state index contributed by atoms with van der Waals surface area (Å²) in [6, 6.07) is 0.223. The van der Waals surface area contributed by atoms with Crippen LogP contribution in [0.3, 0.4) is 0 Å². The molecule has 0 radical (unpaired) electrons. The maximum Gasteiger partial charge on any atom is 0.236 e. The Morgan fingerprint density at radius 3 is 2.53 bits per heavy atom. The van der Waals surface area contributed by atoms with Crippen LogP contribution in [0, 0.1) is 0 Å². The first-order valence-electron chi connectivity index (χ1n) is 6.27.